The number of nitrogens with zero attached hydrogens (tertiary/aromatic N) is 1. The summed E-state index contributed by atoms with van der Waals surface area (Å²) in [6.07, 6.45) is 4.24. The smallest absolute Gasteiger partial charge is 0.168 e. The zero-order valence-electron chi connectivity index (χ0n) is 12.1. The Morgan fingerprint density at radius 2 is 1.68 bits per heavy atom. The molecule has 112 valence electrons. The third-order valence-electron chi connectivity index (χ3n) is 3.53. The number of halogens is 1. The highest BCUT2D eigenvalue weighted by Crippen LogP contribution is 2.17. The minimum atomic E-state index is 0. The van der Waals surface area contributed by atoms with Crippen molar-refractivity contribution in [3.8, 4) is 0 Å². The molecule has 0 saturated heterocycles. The highest BCUT2D eigenvalue weighted by Gasteiger charge is 2.08. The highest BCUT2D eigenvalue weighted by molar-refractivity contribution is 5.96. The minimum Gasteiger partial charge on any atom is -1.00 e. The summed E-state index contributed by atoms with van der Waals surface area (Å²) in [7, 11) is 0. The lowest BCUT2D eigenvalue weighted by molar-refractivity contribution is -0.568. The lowest BCUT2D eigenvalue weighted by atomic mass is 10.1. The van der Waals surface area contributed by atoms with Crippen molar-refractivity contribution in [3.05, 3.63) is 72.6 Å². The number of hydrogen-bond acceptors (Lipinski definition) is 2. The summed E-state index contributed by atoms with van der Waals surface area (Å²) in [5, 5.41) is 4.40. The van der Waals surface area contributed by atoms with E-state index in [1.165, 1.54) is 5.39 Å². The van der Waals surface area contributed by atoms with E-state index >= 15 is 0 Å². The number of fused-ring (bicyclic) bond motifs is 1. The number of pyridine rings is 1. The molecule has 0 saturated carbocycles. The Kier molecular flexibility index (Phi) is 5.64. The van der Waals surface area contributed by atoms with E-state index in [9.17, 15) is 4.79 Å². The summed E-state index contributed by atoms with van der Waals surface area (Å²) in [5.41, 5.74) is 1.87. The fourth-order valence-corrected chi connectivity index (χ4v) is 2.43. The lowest BCUT2D eigenvalue weighted by Gasteiger charge is -2.04. The van der Waals surface area contributed by atoms with Gasteiger partial charge in [0.2, 0.25) is 0 Å². The Balaban J connectivity index is 0.00000176. The third kappa shape index (κ3) is 3.70. The fourth-order valence-electron chi connectivity index (χ4n) is 2.43. The molecule has 1 heterocycles. The van der Waals surface area contributed by atoms with Gasteiger partial charge in [0.05, 0.1) is 19.2 Å². The van der Waals surface area contributed by atoms with Crippen LogP contribution in [0.2, 0.25) is 0 Å². The average Bonchev–Trinajstić information content (AvgIpc) is 2.56. The molecule has 3 rings (SSSR count). The van der Waals surface area contributed by atoms with Gasteiger partial charge >= 0.3 is 0 Å². The molecule has 0 fully saturated rings. The number of hydrogen-bond donors (Lipinski definition) is 1. The first-order valence-corrected chi connectivity index (χ1v) is 7.09. The maximum Gasteiger partial charge on any atom is 0.168 e. The molecule has 0 atom stereocenters. The van der Waals surface area contributed by atoms with Crippen LogP contribution in [0.5, 0.6) is 0 Å². The van der Waals surface area contributed by atoms with Crippen molar-refractivity contribution in [2.75, 3.05) is 6.54 Å². The van der Waals surface area contributed by atoms with Crippen molar-refractivity contribution in [3.63, 3.8) is 0 Å². The quantitative estimate of drug-likeness (QED) is 0.658. The molecule has 0 aliphatic carbocycles. The molecule has 0 spiro atoms. The average molecular weight is 313 g/mol. The molecular weight excluding hydrogens is 296 g/mol. The van der Waals surface area contributed by atoms with Crippen molar-refractivity contribution < 1.29 is 22.5 Å². The topological polar surface area (TPSA) is 46.6 Å². The van der Waals surface area contributed by atoms with Crippen molar-refractivity contribution in [1.29, 1.82) is 0 Å². The van der Waals surface area contributed by atoms with Gasteiger partial charge in [-0.2, -0.15) is 0 Å². The third-order valence-corrected chi connectivity index (χ3v) is 3.53. The molecule has 2 N–H and O–H groups in total. The van der Waals surface area contributed by atoms with E-state index in [1.807, 2.05) is 54.9 Å². The summed E-state index contributed by atoms with van der Waals surface area (Å²) >= 11 is 0. The van der Waals surface area contributed by atoms with E-state index < -0.39 is 0 Å². The van der Waals surface area contributed by atoms with Crippen LogP contribution < -0.4 is 17.7 Å². The van der Waals surface area contributed by atoms with Crippen LogP contribution in [0.4, 0.5) is 5.69 Å². The van der Waals surface area contributed by atoms with Crippen LogP contribution in [0.15, 0.2) is 67.0 Å². The van der Waals surface area contributed by atoms with Gasteiger partial charge in [-0.15, -0.1) is 0 Å². The van der Waals surface area contributed by atoms with Gasteiger partial charge in [-0.1, -0.05) is 48.5 Å². The van der Waals surface area contributed by atoms with E-state index in [2.05, 4.69) is 22.4 Å². The fraction of sp³-hybridized carbons (Fsp3) is 0.111. The monoisotopic (exact) mass is 312 g/mol. The van der Waals surface area contributed by atoms with E-state index in [0.29, 0.717) is 6.42 Å². The number of nitrogens with two attached hydrogens (primary N) is 1. The number of aromatic nitrogens is 1. The van der Waals surface area contributed by atoms with Gasteiger partial charge in [0, 0.05) is 22.5 Å². The Morgan fingerprint density at radius 3 is 2.50 bits per heavy atom. The number of rotatable bonds is 5. The summed E-state index contributed by atoms with van der Waals surface area (Å²) < 4.78 is 0. The molecule has 0 aliphatic heterocycles. The first-order valence-electron chi connectivity index (χ1n) is 7.09. The van der Waals surface area contributed by atoms with Gasteiger partial charge < -0.3 is 17.7 Å². The summed E-state index contributed by atoms with van der Waals surface area (Å²) in [6, 6.07) is 17.6. The second-order valence-electron chi connectivity index (χ2n) is 4.98. The van der Waals surface area contributed by atoms with Crippen molar-refractivity contribution in [1.82, 2.24) is 4.98 Å². The van der Waals surface area contributed by atoms with Gasteiger partial charge in [0.25, 0.3) is 0 Å². The molecule has 2 aromatic carbocycles. The molecule has 3 aromatic rings. The molecule has 0 bridgehead atoms. The summed E-state index contributed by atoms with van der Waals surface area (Å²) in [4.78, 5) is 16.3. The molecule has 3 nitrogen and oxygen atoms in total. The SMILES string of the molecule is O=C(CC[NH2+]c1cncc2ccccc12)c1ccccc1.[Cl-]. The van der Waals surface area contributed by atoms with Crippen LogP contribution in [0.3, 0.4) is 0 Å². The van der Waals surface area contributed by atoms with Crippen molar-refractivity contribution in [2.24, 2.45) is 0 Å². The Morgan fingerprint density at radius 1 is 0.955 bits per heavy atom. The van der Waals surface area contributed by atoms with Crippen molar-refractivity contribution in [2.45, 2.75) is 6.42 Å². The van der Waals surface area contributed by atoms with Gasteiger partial charge in [0.1, 0.15) is 0 Å². The Hall–Kier alpha value is -2.23. The normalized spacial score (nSPS) is 10.2. The Labute approximate surface area is 135 Å². The molecule has 22 heavy (non-hydrogen) atoms. The van der Waals surface area contributed by atoms with E-state index in [4.69, 9.17) is 0 Å². The largest absolute Gasteiger partial charge is 1.00 e. The summed E-state index contributed by atoms with van der Waals surface area (Å²) in [5.74, 6) is 0.181. The van der Waals surface area contributed by atoms with Crippen LogP contribution >= 0.6 is 0 Å². The molecule has 0 amide bonds. The number of Topliss-reactive ketones (excluding diaryl/α,β-unsaturated/α-hetero) is 1. The van der Waals surface area contributed by atoms with Crippen LogP contribution in [-0.2, 0) is 0 Å². The molecule has 0 aliphatic rings. The zero-order valence-corrected chi connectivity index (χ0v) is 12.8. The molecule has 4 heteroatoms. The van der Waals surface area contributed by atoms with Crippen LogP contribution in [0.1, 0.15) is 16.8 Å². The minimum absolute atomic E-state index is 0. The van der Waals surface area contributed by atoms with Crippen LogP contribution in [0, 0.1) is 0 Å². The molecule has 1 aromatic heterocycles. The van der Waals surface area contributed by atoms with Gasteiger partial charge in [-0.05, 0) is 6.07 Å². The maximum atomic E-state index is 12.1. The van der Waals surface area contributed by atoms with E-state index in [0.717, 1.165) is 23.2 Å². The molecular formula is C18H17ClN2O. The first kappa shape index (κ1) is 16.1. The second kappa shape index (κ2) is 7.69. The number of benzene rings is 2. The first-order chi connectivity index (χ1) is 10.3. The second-order valence-corrected chi connectivity index (χ2v) is 4.98. The standard InChI is InChI=1S/C18H16N2O.ClH/c21-18(14-6-2-1-3-7-14)10-11-20-17-13-19-12-15-8-4-5-9-16(15)17;/h1-9,12-13,20H,10-11H2;1H. The number of carbonyl (C=O) groups excluding carboxylic acids is 1. The Bertz CT molecular complexity index is 754. The van der Waals surface area contributed by atoms with Crippen molar-refractivity contribution >= 4 is 22.2 Å². The van der Waals surface area contributed by atoms with Gasteiger partial charge in [-0.25, -0.2) is 0 Å². The maximum absolute atomic E-state index is 12.1. The van der Waals surface area contributed by atoms with Crippen LogP contribution in [0.25, 0.3) is 10.8 Å². The lowest BCUT2D eigenvalue weighted by Crippen LogP contribution is -3.00. The predicted octanol–water partition coefficient (Wildman–Crippen LogP) is -0.293. The van der Waals surface area contributed by atoms with E-state index in [-0.39, 0.29) is 18.2 Å². The highest BCUT2D eigenvalue weighted by atomic mass is 35.5. The predicted molar refractivity (Wildman–Crippen MR) is 83.6 cm³/mol. The van der Waals surface area contributed by atoms with E-state index in [1.54, 1.807) is 0 Å². The number of quaternary nitrogens is 1. The summed E-state index contributed by atoms with van der Waals surface area (Å²) in [6.45, 7) is 0.726. The van der Waals surface area contributed by atoms with Crippen LogP contribution in [-0.4, -0.2) is 17.3 Å². The number of ketones is 1. The molecule has 0 radical (unpaired) electrons. The van der Waals surface area contributed by atoms with Gasteiger partial charge in [0.15, 0.2) is 11.5 Å². The zero-order chi connectivity index (χ0) is 14.5. The van der Waals surface area contributed by atoms with Gasteiger partial charge in [-0.3, -0.25) is 9.78 Å². The number of carbonyl (C=O) groups is 1. The molecule has 0 unspecified atom stereocenters.